The molecule has 0 heterocycles. The van der Waals surface area contributed by atoms with E-state index in [2.05, 4.69) is 0 Å². The van der Waals surface area contributed by atoms with E-state index in [9.17, 15) is 0 Å². The summed E-state index contributed by atoms with van der Waals surface area (Å²) in [5, 5.41) is 9.89. The van der Waals surface area contributed by atoms with E-state index in [4.69, 9.17) is 16.7 Å². The van der Waals surface area contributed by atoms with Crippen molar-refractivity contribution in [2.75, 3.05) is 0 Å². The molecule has 0 unspecified atom stereocenters. The summed E-state index contributed by atoms with van der Waals surface area (Å²) in [5.41, 5.74) is 2.16. The van der Waals surface area contributed by atoms with E-state index in [0.29, 0.717) is 0 Å². The van der Waals surface area contributed by atoms with Crippen LogP contribution in [0.5, 0.6) is 5.75 Å². The Bertz CT molecular complexity index is 497. The smallest absolute Gasteiger partial charge is 0.115 e. The minimum absolute atomic E-state index is 0.281. The van der Waals surface area contributed by atoms with Gasteiger partial charge in [0.15, 0.2) is 0 Å². The summed E-state index contributed by atoms with van der Waals surface area (Å²) in [6, 6.07) is 14.7. The van der Waals surface area contributed by atoms with Gasteiger partial charge in [-0.05, 0) is 35.4 Å². The molecule has 0 saturated heterocycles. The van der Waals surface area contributed by atoms with E-state index in [1.807, 2.05) is 60.7 Å². The Morgan fingerprint density at radius 2 is 1.17 bits per heavy atom. The predicted octanol–water partition coefficient (Wildman–Crippen LogP) is 4.77. The van der Waals surface area contributed by atoms with Crippen molar-refractivity contribution in [3.8, 4) is 5.75 Å². The molecule has 0 amide bonds. The highest BCUT2D eigenvalue weighted by atomic mass is 35.5. The van der Waals surface area contributed by atoms with Crippen LogP contribution < -0.4 is 0 Å². The molecule has 0 aliphatic rings. The molecule has 2 aromatic carbocycles. The van der Waals surface area contributed by atoms with Crippen LogP contribution in [0.25, 0.3) is 12.2 Å². The van der Waals surface area contributed by atoms with E-state index in [-0.39, 0.29) is 5.75 Å². The van der Waals surface area contributed by atoms with Crippen molar-refractivity contribution in [2.24, 2.45) is 0 Å². The van der Waals surface area contributed by atoms with Crippen LogP contribution in [0, 0.1) is 0 Å². The van der Waals surface area contributed by atoms with Gasteiger partial charge in [-0.3, -0.25) is 0 Å². The van der Waals surface area contributed by atoms with Crippen LogP contribution in [0.15, 0.2) is 60.7 Å². The van der Waals surface area contributed by atoms with Crippen molar-refractivity contribution in [3.63, 3.8) is 0 Å². The zero-order valence-electron chi connectivity index (χ0n) is 9.75. The third-order valence-corrected chi connectivity index (χ3v) is 2.70. The fourth-order valence-electron chi connectivity index (χ4n) is 1.49. The van der Waals surface area contributed by atoms with E-state index < -0.39 is 0 Å². The molecule has 2 aromatic rings. The van der Waals surface area contributed by atoms with Gasteiger partial charge in [0.05, 0.1) is 0 Å². The summed E-state index contributed by atoms with van der Waals surface area (Å²) in [6.07, 6.45) is 7.91. The number of phenolic OH excluding ortho intramolecular Hbond substituents is 1. The first-order chi connectivity index (χ1) is 8.74. The molecule has 0 saturated carbocycles. The first-order valence-electron chi connectivity index (χ1n) is 5.63. The number of phenols is 1. The Hall–Kier alpha value is -1.99. The zero-order chi connectivity index (χ0) is 12.8. The van der Waals surface area contributed by atoms with Crippen molar-refractivity contribution in [1.82, 2.24) is 0 Å². The molecule has 0 radical (unpaired) electrons. The molecule has 0 aromatic heterocycles. The number of allylic oxidation sites excluding steroid dienone is 2. The highest BCUT2D eigenvalue weighted by Gasteiger charge is 1.87. The Labute approximate surface area is 112 Å². The zero-order valence-corrected chi connectivity index (χ0v) is 10.5. The molecule has 0 aliphatic heterocycles. The summed E-state index contributed by atoms with van der Waals surface area (Å²) < 4.78 is 0. The Morgan fingerprint density at radius 1 is 0.722 bits per heavy atom. The van der Waals surface area contributed by atoms with Crippen molar-refractivity contribution < 1.29 is 5.11 Å². The molecule has 0 spiro atoms. The number of benzene rings is 2. The van der Waals surface area contributed by atoms with Crippen LogP contribution in [-0.4, -0.2) is 5.11 Å². The predicted molar refractivity (Wildman–Crippen MR) is 77.6 cm³/mol. The van der Waals surface area contributed by atoms with Crippen LogP contribution in [0.3, 0.4) is 0 Å². The van der Waals surface area contributed by atoms with Gasteiger partial charge in [-0.1, -0.05) is 60.2 Å². The second kappa shape index (κ2) is 6.08. The Morgan fingerprint density at radius 3 is 1.67 bits per heavy atom. The summed E-state index contributed by atoms with van der Waals surface area (Å²) in [4.78, 5) is 0. The second-order valence-electron chi connectivity index (χ2n) is 3.86. The number of aromatic hydroxyl groups is 1. The lowest BCUT2D eigenvalue weighted by Gasteiger charge is -1.93. The Balaban J connectivity index is 1.98. The molecule has 2 heteroatoms. The molecule has 90 valence electrons. The molecule has 18 heavy (non-hydrogen) atoms. The van der Waals surface area contributed by atoms with Gasteiger partial charge in [-0.25, -0.2) is 0 Å². The van der Waals surface area contributed by atoms with E-state index in [0.717, 1.165) is 16.1 Å². The standard InChI is InChI=1S/C16H13ClO/c17-15-9-5-13(6-10-15)3-1-2-4-14-7-11-16(18)12-8-14/h1-12,18H. The second-order valence-corrected chi connectivity index (χ2v) is 4.30. The summed E-state index contributed by atoms with van der Waals surface area (Å²) in [6.45, 7) is 0. The third-order valence-electron chi connectivity index (χ3n) is 2.45. The average Bonchev–Trinajstić information content (AvgIpc) is 2.39. The van der Waals surface area contributed by atoms with Crippen molar-refractivity contribution in [3.05, 3.63) is 76.8 Å². The summed E-state index contributed by atoms with van der Waals surface area (Å²) >= 11 is 5.81. The van der Waals surface area contributed by atoms with Gasteiger partial charge in [0, 0.05) is 5.02 Å². The maximum atomic E-state index is 9.15. The van der Waals surface area contributed by atoms with Crippen LogP contribution >= 0.6 is 11.6 Å². The van der Waals surface area contributed by atoms with Gasteiger partial charge >= 0.3 is 0 Å². The number of halogens is 1. The van der Waals surface area contributed by atoms with Gasteiger partial charge in [-0.2, -0.15) is 0 Å². The number of hydrogen-bond acceptors (Lipinski definition) is 1. The van der Waals surface area contributed by atoms with Gasteiger partial charge in [0.25, 0.3) is 0 Å². The molecule has 1 N–H and O–H groups in total. The topological polar surface area (TPSA) is 20.2 Å². The lowest BCUT2D eigenvalue weighted by Crippen LogP contribution is -1.70. The summed E-state index contributed by atoms with van der Waals surface area (Å²) in [7, 11) is 0. The lowest BCUT2D eigenvalue weighted by molar-refractivity contribution is 0.475. The number of hydrogen-bond donors (Lipinski definition) is 1. The SMILES string of the molecule is Oc1ccc(C=CC=Cc2ccc(Cl)cc2)cc1. The first kappa shape index (κ1) is 12.5. The monoisotopic (exact) mass is 256 g/mol. The molecule has 0 aliphatic carbocycles. The van der Waals surface area contributed by atoms with Gasteiger partial charge in [0.1, 0.15) is 5.75 Å². The van der Waals surface area contributed by atoms with Crippen LogP contribution in [-0.2, 0) is 0 Å². The van der Waals surface area contributed by atoms with E-state index >= 15 is 0 Å². The summed E-state index contributed by atoms with van der Waals surface area (Å²) in [5.74, 6) is 0.281. The third kappa shape index (κ3) is 3.79. The lowest BCUT2D eigenvalue weighted by atomic mass is 10.2. The van der Waals surface area contributed by atoms with Crippen LogP contribution in [0.2, 0.25) is 5.02 Å². The molecule has 0 bridgehead atoms. The minimum Gasteiger partial charge on any atom is -0.508 e. The fourth-order valence-corrected chi connectivity index (χ4v) is 1.62. The first-order valence-corrected chi connectivity index (χ1v) is 6.01. The average molecular weight is 257 g/mol. The van der Waals surface area contributed by atoms with Crippen molar-refractivity contribution in [1.29, 1.82) is 0 Å². The molecule has 0 atom stereocenters. The minimum atomic E-state index is 0.281. The quantitative estimate of drug-likeness (QED) is 0.784. The van der Waals surface area contributed by atoms with Gasteiger partial charge in [-0.15, -0.1) is 0 Å². The van der Waals surface area contributed by atoms with Crippen molar-refractivity contribution in [2.45, 2.75) is 0 Å². The van der Waals surface area contributed by atoms with Gasteiger partial charge < -0.3 is 5.11 Å². The largest absolute Gasteiger partial charge is 0.508 e. The molecule has 1 nitrogen and oxygen atoms in total. The van der Waals surface area contributed by atoms with E-state index in [1.165, 1.54) is 0 Å². The van der Waals surface area contributed by atoms with Gasteiger partial charge in [0.2, 0.25) is 0 Å². The van der Waals surface area contributed by atoms with Crippen LogP contribution in [0.1, 0.15) is 11.1 Å². The molecular weight excluding hydrogens is 244 g/mol. The Kier molecular flexibility index (Phi) is 4.21. The maximum absolute atomic E-state index is 9.15. The molecule has 0 fully saturated rings. The van der Waals surface area contributed by atoms with E-state index in [1.54, 1.807) is 12.1 Å². The fraction of sp³-hybridized carbons (Fsp3) is 0. The molecular formula is C16H13ClO. The van der Waals surface area contributed by atoms with Crippen molar-refractivity contribution >= 4 is 23.8 Å². The number of rotatable bonds is 3. The van der Waals surface area contributed by atoms with Crippen LogP contribution in [0.4, 0.5) is 0 Å². The normalized spacial score (nSPS) is 11.4. The highest BCUT2D eigenvalue weighted by molar-refractivity contribution is 6.30. The maximum Gasteiger partial charge on any atom is 0.115 e. The molecule has 2 rings (SSSR count). The highest BCUT2D eigenvalue weighted by Crippen LogP contribution is 2.12.